The topological polar surface area (TPSA) is 107 Å². The molecule has 0 amide bonds. The Balaban J connectivity index is 2.24. The lowest BCUT2D eigenvalue weighted by molar-refractivity contribution is -0.161. The van der Waals surface area contributed by atoms with Gasteiger partial charge in [0, 0.05) is 10.0 Å². The lowest BCUT2D eigenvalue weighted by Crippen LogP contribution is -2.49. The van der Waals surface area contributed by atoms with E-state index in [1.807, 2.05) is 0 Å². The Bertz CT molecular complexity index is 1080. The van der Waals surface area contributed by atoms with Crippen LogP contribution in [0.3, 0.4) is 0 Å². The number of hydrogen-bond donors (Lipinski definition) is 0. The average molecular weight is 496 g/mol. The van der Waals surface area contributed by atoms with E-state index in [-0.39, 0.29) is 16.0 Å². The smallest absolute Gasteiger partial charge is 0.322 e. The predicted octanol–water partition coefficient (Wildman–Crippen LogP) is 2.34. The van der Waals surface area contributed by atoms with Gasteiger partial charge in [-0.15, -0.1) is 0 Å². The van der Waals surface area contributed by atoms with Gasteiger partial charge < -0.3 is 9.47 Å². The van der Waals surface area contributed by atoms with Crippen LogP contribution in [-0.2, 0) is 29.1 Å². The summed E-state index contributed by atoms with van der Waals surface area (Å²) in [4.78, 5) is 37.7. The summed E-state index contributed by atoms with van der Waals surface area (Å²) in [6.07, 6.45) is 0. The number of carbonyl (C=O) groups is 3. The van der Waals surface area contributed by atoms with E-state index in [0.29, 0.717) is 4.47 Å². The number of esters is 2. The van der Waals surface area contributed by atoms with E-state index in [2.05, 4.69) is 15.9 Å². The maximum Gasteiger partial charge on any atom is 0.322 e. The lowest BCUT2D eigenvalue weighted by atomic mass is 9.85. The number of Topliss-reactive ketones (excluding diaryl/α,β-unsaturated/α-hetero) is 1. The molecule has 1 aliphatic heterocycles. The van der Waals surface area contributed by atoms with Crippen molar-refractivity contribution >= 4 is 43.7 Å². The van der Waals surface area contributed by atoms with Gasteiger partial charge in [0.15, 0.2) is 11.7 Å². The summed E-state index contributed by atoms with van der Waals surface area (Å²) >= 11 is 3.25. The van der Waals surface area contributed by atoms with Gasteiger partial charge in [0.1, 0.15) is 0 Å². The van der Waals surface area contributed by atoms with E-state index >= 15 is 0 Å². The maximum absolute atomic E-state index is 13.4. The summed E-state index contributed by atoms with van der Waals surface area (Å²) in [6.45, 7) is -0.537. The van der Waals surface area contributed by atoms with Crippen LogP contribution in [0.25, 0.3) is 0 Å². The van der Waals surface area contributed by atoms with Crippen molar-refractivity contribution in [2.45, 2.75) is 10.9 Å². The molecule has 1 heterocycles. The van der Waals surface area contributed by atoms with Gasteiger partial charge in [0.2, 0.25) is 10.0 Å². The van der Waals surface area contributed by atoms with Gasteiger partial charge in [-0.05, 0) is 29.8 Å². The molecule has 30 heavy (non-hydrogen) atoms. The molecule has 0 N–H and O–H groups in total. The van der Waals surface area contributed by atoms with Crippen LogP contribution in [0.2, 0.25) is 0 Å². The zero-order valence-corrected chi connectivity index (χ0v) is 18.5. The van der Waals surface area contributed by atoms with E-state index in [1.54, 1.807) is 24.3 Å². The molecule has 0 fully saturated rings. The van der Waals surface area contributed by atoms with Crippen molar-refractivity contribution in [3.63, 3.8) is 0 Å². The highest BCUT2D eigenvalue weighted by Crippen LogP contribution is 2.40. The van der Waals surface area contributed by atoms with Gasteiger partial charge in [0.05, 0.1) is 31.7 Å². The highest BCUT2D eigenvalue weighted by atomic mass is 79.9. The number of ketones is 1. The number of rotatable bonds is 5. The molecule has 10 heteroatoms. The van der Waals surface area contributed by atoms with E-state index in [4.69, 9.17) is 9.47 Å². The molecular formula is C20H18BrNO7S. The van der Waals surface area contributed by atoms with Crippen LogP contribution in [0.1, 0.15) is 22.0 Å². The van der Waals surface area contributed by atoms with E-state index in [9.17, 15) is 22.8 Å². The normalized spacial score (nSPS) is 16.8. The second-order valence-corrected chi connectivity index (χ2v) is 9.29. The van der Waals surface area contributed by atoms with Crippen LogP contribution >= 0.6 is 15.9 Å². The van der Waals surface area contributed by atoms with E-state index in [0.717, 1.165) is 18.5 Å². The number of methoxy groups -OCH3 is 2. The largest absolute Gasteiger partial charge is 0.468 e. The minimum absolute atomic E-state index is 0.0867. The Kier molecular flexibility index (Phi) is 6.39. The van der Waals surface area contributed by atoms with Gasteiger partial charge >= 0.3 is 11.9 Å². The number of benzene rings is 2. The SMILES string of the molecule is COC(=O)C(C(=O)OC)C1c2ccccc2C(=O)CN1S(=O)(=O)c1ccc(Br)cc1. The molecule has 3 rings (SSSR count). The summed E-state index contributed by atoms with van der Waals surface area (Å²) in [5.41, 5.74) is 0.470. The number of nitrogens with zero attached hydrogens (tertiary/aromatic N) is 1. The number of halogens is 1. The van der Waals surface area contributed by atoms with Crippen molar-refractivity contribution in [1.82, 2.24) is 4.31 Å². The second kappa shape index (κ2) is 8.66. The van der Waals surface area contributed by atoms with E-state index in [1.165, 1.54) is 24.3 Å². The first-order valence-corrected chi connectivity index (χ1v) is 11.0. The first-order chi connectivity index (χ1) is 14.2. The first kappa shape index (κ1) is 22.1. The molecule has 1 atom stereocenters. The average Bonchev–Trinajstić information content (AvgIpc) is 2.75. The molecule has 2 aromatic carbocycles. The number of ether oxygens (including phenoxy) is 2. The second-order valence-electron chi connectivity index (χ2n) is 6.48. The summed E-state index contributed by atoms with van der Waals surface area (Å²) in [7, 11) is -2.08. The fourth-order valence-corrected chi connectivity index (χ4v) is 5.26. The van der Waals surface area contributed by atoms with Gasteiger partial charge in [0.25, 0.3) is 0 Å². The van der Waals surface area contributed by atoms with Crippen LogP contribution in [-0.4, -0.2) is 51.2 Å². The Morgan fingerprint density at radius 1 is 1.03 bits per heavy atom. The third-order valence-electron chi connectivity index (χ3n) is 4.84. The van der Waals surface area contributed by atoms with Crippen LogP contribution in [0.5, 0.6) is 0 Å². The van der Waals surface area contributed by atoms with Crippen LogP contribution in [0.4, 0.5) is 0 Å². The third-order valence-corrected chi connectivity index (χ3v) is 7.21. The van der Waals surface area contributed by atoms with Crippen molar-refractivity contribution in [2.75, 3.05) is 20.8 Å². The minimum Gasteiger partial charge on any atom is -0.468 e. The molecule has 0 bridgehead atoms. The monoisotopic (exact) mass is 495 g/mol. The molecule has 0 radical (unpaired) electrons. The van der Waals surface area contributed by atoms with Crippen molar-refractivity contribution in [2.24, 2.45) is 5.92 Å². The fraction of sp³-hybridized carbons (Fsp3) is 0.250. The predicted molar refractivity (Wildman–Crippen MR) is 109 cm³/mol. The van der Waals surface area contributed by atoms with Gasteiger partial charge in [-0.25, -0.2) is 8.42 Å². The van der Waals surface area contributed by atoms with Crippen LogP contribution < -0.4 is 0 Å². The third kappa shape index (κ3) is 3.90. The quantitative estimate of drug-likeness (QED) is 0.462. The Morgan fingerprint density at radius 3 is 2.17 bits per heavy atom. The van der Waals surface area contributed by atoms with E-state index < -0.39 is 46.2 Å². The Morgan fingerprint density at radius 2 is 1.60 bits per heavy atom. The van der Waals surface area contributed by atoms with Gasteiger partial charge in [-0.2, -0.15) is 4.31 Å². The number of hydrogen-bond acceptors (Lipinski definition) is 7. The van der Waals surface area contributed by atoms with Crippen LogP contribution in [0.15, 0.2) is 57.9 Å². The molecule has 8 nitrogen and oxygen atoms in total. The summed E-state index contributed by atoms with van der Waals surface area (Å²) < 4.78 is 37.9. The maximum atomic E-state index is 13.4. The molecule has 0 saturated heterocycles. The molecule has 0 aromatic heterocycles. The molecule has 158 valence electrons. The van der Waals surface area contributed by atoms with Crippen molar-refractivity contribution in [1.29, 1.82) is 0 Å². The highest BCUT2D eigenvalue weighted by Gasteiger charge is 2.49. The summed E-state index contributed by atoms with van der Waals surface area (Å²) in [6, 6.07) is 10.8. The molecule has 0 spiro atoms. The molecule has 2 aromatic rings. The van der Waals surface area contributed by atoms with Crippen molar-refractivity contribution in [3.8, 4) is 0 Å². The van der Waals surface area contributed by atoms with Crippen LogP contribution in [0, 0.1) is 5.92 Å². The molecule has 1 unspecified atom stereocenters. The molecule has 0 saturated carbocycles. The Labute approximate surface area is 182 Å². The minimum atomic E-state index is -4.26. The zero-order chi connectivity index (χ0) is 22.1. The Hall–Kier alpha value is -2.56. The molecule has 0 aliphatic carbocycles. The number of fused-ring (bicyclic) bond motifs is 1. The first-order valence-electron chi connectivity index (χ1n) is 8.77. The molecule has 1 aliphatic rings. The fourth-order valence-electron chi connectivity index (χ4n) is 3.42. The van der Waals surface area contributed by atoms with Crippen molar-refractivity contribution in [3.05, 3.63) is 64.1 Å². The number of carbonyl (C=O) groups excluding carboxylic acids is 3. The summed E-state index contributed by atoms with van der Waals surface area (Å²) in [5.74, 6) is -3.99. The van der Waals surface area contributed by atoms with Gasteiger partial charge in [-0.1, -0.05) is 40.2 Å². The zero-order valence-electron chi connectivity index (χ0n) is 16.1. The number of sulfonamides is 1. The summed E-state index contributed by atoms with van der Waals surface area (Å²) in [5, 5.41) is 0. The van der Waals surface area contributed by atoms with Gasteiger partial charge in [-0.3, -0.25) is 14.4 Å². The lowest BCUT2D eigenvalue weighted by Gasteiger charge is -2.37. The standard InChI is InChI=1S/C20H18BrNO7S/c1-28-19(24)17(20(25)29-2)18-15-6-4-3-5-14(15)16(23)11-22(18)30(26,27)13-9-7-12(21)8-10-13/h3-10,17-18H,11H2,1-2H3. The highest BCUT2D eigenvalue weighted by molar-refractivity contribution is 9.10. The molecular weight excluding hydrogens is 478 g/mol. The van der Waals surface area contributed by atoms with Crippen molar-refractivity contribution < 1.29 is 32.3 Å².